The Morgan fingerprint density at radius 1 is 1.44 bits per heavy atom. The van der Waals surface area contributed by atoms with Gasteiger partial charge < -0.3 is 5.11 Å². The first-order valence-corrected chi connectivity index (χ1v) is 5.65. The fourth-order valence-corrected chi connectivity index (χ4v) is 2.25. The zero-order valence-corrected chi connectivity index (χ0v) is 9.46. The zero-order valence-electron chi connectivity index (χ0n) is 9.46. The molecule has 2 amide bonds. The fourth-order valence-electron chi connectivity index (χ4n) is 2.25. The van der Waals surface area contributed by atoms with E-state index in [-0.39, 0.29) is 23.5 Å². The van der Waals surface area contributed by atoms with Gasteiger partial charge in [-0.15, -0.1) is 0 Å². The average molecular weight is 245 g/mol. The molecule has 92 valence electrons. The number of carbonyl (C=O) groups excluding carboxylic acids is 2. The van der Waals surface area contributed by atoms with Gasteiger partial charge >= 0.3 is 0 Å². The molecule has 0 radical (unpaired) electrons. The lowest BCUT2D eigenvalue weighted by Gasteiger charge is -2.19. The summed E-state index contributed by atoms with van der Waals surface area (Å²) in [5.74, 6) is -0.807. The van der Waals surface area contributed by atoms with Crippen molar-refractivity contribution in [3.8, 4) is 5.75 Å². The van der Waals surface area contributed by atoms with E-state index in [1.807, 2.05) is 0 Å². The molecule has 3 heterocycles. The first-order chi connectivity index (χ1) is 8.65. The topological polar surface area (TPSA) is 83.7 Å². The van der Waals surface area contributed by atoms with Gasteiger partial charge in [0.05, 0.1) is 17.6 Å². The lowest BCUT2D eigenvalue weighted by molar-refractivity contribution is -0.134. The molecule has 2 aromatic heterocycles. The van der Waals surface area contributed by atoms with E-state index < -0.39 is 0 Å². The Labute approximate surface area is 102 Å². The Balaban J connectivity index is 2.06. The van der Waals surface area contributed by atoms with Crippen LogP contribution < -0.4 is 5.32 Å². The second-order valence-electron chi connectivity index (χ2n) is 4.32. The van der Waals surface area contributed by atoms with Gasteiger partial charge in [-0.3, -0.25) is 14.9 Å². The molecule has 0 aromatic carbocycles. The maximum Gasteiger partial charge on any atom is 0.234 e. The van der Waals surface area contributed by atoms with Crippen molar-refractivity contribution in [3.05, 3.63) is 30.1 Å². The lowest BCUT2D eigenvalue weighted by atomic mass is 9.91. The average Bonchev–Trinajstić information content (AvgIpc) is 2.72. The second-order valence-corrected chi connectivity index (χ2v) is 4.32. The number of nitrogens with zero attached hydrogens (tertiary/aromatic N) is 2. The third-order valence-corrected chi connectivity index (χ3v) is 3.15. The molecule has 6 nitrogen and oxygen atoms in total. The number of hydrogen-bond donors (Lipinski definition) is 2. The maximum absolute atomic E-state index is 11.8. The number of aromatic hydroxyl groups is 1. The fraction of sp³-hybridized carbons (Fsp3) is 0.250. The van der Waals surface area contributed by atoms with Crippen molar-refractivity contribution in [3.63, 3.8) is 0 Å². The number of imide groups is 1. The van der Waals surface area contributed by atoms with Crippen LogP contribution >= 0.6 is 0 Å². The summed E-state index contributed by atoms with van der Waals surface area (Å²) in [6.45, 7) is 0. The first kappa shape index (κ1) is 10.8. The highest BCUT2D eigenvalue weighted by Gasteiger charge is 2.30. The number of amides is 2. The number of carbonyl (C=O) groups is 2. The van der Waals surface area contributed by atoms with Gasteiger partial charge in [-0.25, -0.2) is 4.52 Å². The summed E-state index contributed by atoms with van der Waals surface area (Å²) in [6, 6.07) is 3.08. The van der Waals surface area contributed by atoms with E-state index in [2.05, 4.69) is 10.4 Å². The summed E-state index contributed by atoms with van der Waals surface area (Å²) in [5.41, 5.74) is 1.42. The van der Waals surface area contributed by atoms with E-state index in [1.54, 1.807) is 23.0 Å². The summed E-state index contributed by atoms with van der Waals surface area (Å²) in [7, 11) is 0. The van der Waals surface area contributed by atoms with Crippen LogP contribution in [-0.2, 0) is 9.59 Å². The van der Waals surface area contributed by atoms with E-state index >= 15 is 0 Å². The van der Waals surface area contributed by atoms with Crippen LogP contribution in [0.3, 0.4) is 0 Å². The highest BCUT2D eigenvalue weighted by atomic mass is 16.3. The molecule has 0 aliphatic carbocycles. The largest absolute Gasteiger partial charge is 0.508 e. The molecule has 1 unspecified atom stereocenters. The Hall–Kier alpha value is -2.37. The summed E-state index contributed by atoms with van der Waals surface area (Å²) < 4.78 is 1.60. The number of hydrogen-bond acceptors (Lipinski definition) is 4. The van der Waals surface area contributed by atoms with Crippen molar-refractivity contribution >= 4 is 17.3 Å². The summed E-state index contributed by atoms with van der Waals surface area (Å²) in [4.78, 5) is 22.9. The molecule has 1 aliphatic heterocycles. The van der Waals surface area contributed by atoms with Gasteiger partial charge in [0, 0.05) is 24.2 Å². The number of piperidine rings is 1. The molecule has 3 rings (SSSR count). The van der Waals surface area contributed by atoms with Crippen molar-refractivity contribution < 1.29 is 14.7 Å². The lowest BCUT2D eigenvalue weighted by Crippen LogP contribution is -2.39. The molecule has 1 atom stereocenters. The van der Waals surface area contributed by atoms with Crippen molar-refractivity contribution in [2.24, 2.45) is 0 Å². The van der Waals surface area contributed by atoms with Gasteiger partial charge in [0.25, 0.3) is 0 Å². The maximum atomic E-state index is 11.8. The highest BCUT2D eigenvalue weighted by Crippen LogP contribution is 2.29. The van der Waals surface area contributed by atoms with Crippen molar-refractivity contribution in [1.29, 1.82) is 0 Å². The molecule has 1 saturated heterocycles. The van der Waals surface area contributed by atoms with Gasteiger partial charge in [-0.2, -0.15) is 5.10 Å². The van der Waals surface area contributed by atoms with Crippen LogP contribution in [0.5, 0.6) is 5.75 Å². The van der Waals surface area contributed by atoms with Crippen LogP contribution in [0, 0.1) is 0 Å². The Bertz CT molecular complexity index is 647. The number of pyridine rings is 1. The minimum Gasteiger partial charge on any atom is -0.508 e. The molecule has 0 bridgehead atoms. The molecule has 2 aromatic rings. The van der Waals surface area contributed by atoms with Gasteiger partial charge in [-0.05, 0) is 12.5 Å². The Morgan fingerprint density at radius 3 is 3.06 bits per heavy atom. The normalized spacial score (nSPS) is 20.1. The molecule has 1 aliphatic rings. The summed E-state index contributed by atoms with van der Waals surface area (Å²) >= 11 is 0. The summed E-state index contributed by atoms with van der Waals surface area (Å²) in [5, 5.41) is 15.9. The quantitative estimate of drug-likeness (QED) is 0.719. The zero-order chi connectivity index (χ0) is 12.7. The molecule has 2 N–H and O–H groups in total. The standard InChI is InChI=1S/C12H11N3O3/c16-7-3-4-15-10(5-7)9(6-13-15)8-1-2-11(17)14-12(8)18/h3-6,8,16H,1-2H2,(H,14,17,18). The van der Waals surface area contributed by atoms with Crippen molar-refractivity contribution in [2.75, 3.05) is 0 Å². The predicted octanol–water partition coefficient (Wildman–Crippen LogP) is 0.560. The van der Waals surface area contributed by atoms with Crippen LogP contribution in [0.2, 0.25) is 0 Å². The minimum absolute atomic E-state index is 0.122. The van der Waals surface area contributed by atoms with Gasteiger partial charge in [-0.1, -0.05) is 0 Å². The van der Waals surface area contributed by atoms with Crippen molar-refractivity contribution in [2.45, 2.75) is 18.8 Å². The smallest absolute Gasteiger partial charge is 0.234 e. The third-order valence-electron chi connectivity index (χ3n) is 3.15. The number of rotatable bonds is 1. The highest BCUT2D eigenvalue weighted by molar-refractivity contribution is 6.01. The molecule has 6 heteroatoms. The van der Waals surface area contributed by atoms with E-state index in [1.165, 1.54) is 6.07 Å². The number of nitrogens with one attached hydrogen (secondary N) is 1. The van der Waals surface area contributed by atoms with Crippen LogP contribution in [-0.4, -0.2) is 26.5 Å². The number of aromatic nitrogens is 2. The van der Waals surface area contributed by atoms with Gasteiger partial charge in [0.1, 0.15) is 5.75 Å². The Kier molecular flexibility index (Phi) is 2.29. The van der Waals surface area contributed by atoms with E-state index in [4.69, 9.17) is 0 Å². The van der Waals surface area contributed by atoms with Crippen LogP contribution in [0.25, 0.3) is 5.52 Å². The monoisotopic (exact) mass is 245 g/mol. The van der Waals surface area contributed by atoms with E-state index in [0.29, 0.717) is 18.4 Å². The van der Waals surface area contributed by atoms with E-state index in [9.17, 15) is 14.7 Å². The molecule has 0 spiro atoms. The molecular weight excluding hydrogens is 234 g/mol. The predicted molar refractivity (Wildman–Crippen MR) is 62.0 cm³/mol. The first-order valence-electron chi connectivity index (χ1n) is 5.65. The van der Waals surface area contributed by atoms with Crippen LogP contribution in [0.15, 0.2) is 24.5 Å². The second kappa shape index (κ2) is 3.83. The third kappa shape index (κ3) is 1.62. The molecule has 18 heavy (non-hydrogen) atoms. The molecule has 1 fully saturated rings. The Morgan fingerprint density at radius 2 is 2.28 bits per heavy atom. The van der Waals surface area contributed by atoms with Crippen molar-refractivity contribution in [1.82, 2.24) is 14.9 Å². The minimum atomic E-state index is -0.387. The van der Waals surface area contributed by atoms with E-state index in [0.717, 1.165) is 5.56 Å². The SMILES string of the molecule is O=C1CCC(c2cnn3ccc(O)cc23)C(=O)N1. The van der Waals surface area contributed by atoms with Gasteiger partial charge in [0.2, 0.25) is 11.8 Å². The molecule has 0 saturated carbocycles. The number of fused-ring (bicyclic) bond motifs is 1. The van der Waals surface area contributed by atoms with Crippen LogP contribution in [0.4, 0.5) is 0 Å². The molecular formula is C12H11N3O3. The van der Waals surface area contributed by atoms with Crippen LogP contribution in [0.1, 0.15) is 24.3 Å². The summed E-state index contributed by atoms with van der Waals surface area (Å²) in [6.07, 6.45) is 4.03. The van der Waals surface area contributed by atoms with Gasteiger partial charge in [0.15, 0.2) is 0 Å².